The fraction of sp³-hybridized carbons (Fsp3) is 0.556. The number of piperazine rings is 1. The first-order valence-electron chi connectivity index (χ1n) is 8.87. The van der Waals surface area contributed by atoms with E-state index in [1.54, 1.807) is 11.3 Å². The van der Waals surface area contributed by atoms with Gasteiger partial charge in [-0.1, -0.05) is 12.1 Å². The highest BCUT2D eigenvalue weighted by molar-refractivity contribution is 7.18. The molecule has 6 nitrogen and oxygen atoms in total. The standard InChI is InChI=1S/C18H24N4O2S.ClH/c19-18(5-11-24-12-6-18)17(23)22-9-7-21(8-10-22)13-16-20-14-3-1-2-4-15(14)25-16;/h1-4H,5-13,19H2;1H. The third kappa shape index (κ3) is 4.02. The molecule has 1 amide bonds. The number of hydrogen-bond donors (Lipinski definition) is 1. The highest BCUT2D eigenvalue weighted by atomic mass is 35.5. The maximum atomic E-state index is 12.8. The Bertz CT molecular complexity index is 721. The molecule has 1 aromatic heterocycles. The van der Waals surface area contributed by atoms with Crippen LogP contribution in [0.4, 0.5) is 0 Å². The highest BCUT2D eigenvalue weighted by Crippen LogP contribution is 2.24. The lowest BCUT2D eigenvalue weighted by molar-refractivity contribution is -0.142. The van der Waals surface area contributed by atoms with Crippen molar-refractivity contribution in [2.45, 2.75) is 24.9 Å². The van der Waals surface area contributed by atoms with Crippen LogP contribution in [0.3, 0.4) is 0 Å². The Kier molecular flexibility index (Phi) is 6.14. The predicted molar refractivity (Wildman–Crippen MR) is 106 cm³/mol. The molecule has 2 fully saturated rings. The molecule has 0 unspecified atom stereocenters. The van der Waals surface area contributed by atoms with Gasteiger partial charge in [0.25, 0.3) is 0 Å². The smallest absolute Gasteiger partial charge is 0.242 e. The number of aromatic nitrogens is 1. The fourth-order valence-corrected chi connectivity index (χ4v) is 4.56. The van der Waals surface area contributed by atoms with Gasteiger partial charge in [0, 0.05) is 39.4 Å². The van der Waals surface area contributed by atoms with Crippen molar-refractivity contribution in [3.63, 3.8) is 0 Å². The maximum absolute atomic E-state index is 12.8. The maximum Gasteiger partial charge on any atom is 0.242 e. The van der Waals surface area contributed by atoms with Gasteiger partial charge in [-0.3, -0.25) is 9.69 Å². The Morgan fingerprint density at radius 2 is 1.88 bits per heavy atom. The number of nitrogens with zero attached hydrogens (tertiary/aromatic N) is 3. The lowest BCUT2D eigenvalue weighted by atomic mass is 9.89. The second kappa shape index (κ2) is 8.19. The quantitative estimate of drug-likeness (QED) is 0.857. The van der Waals surface area contributed by atoms with Crippen LogP contribution in [0.25, 0.3) is 10.2 Å². The Hall–Kier alpha value is -1.25. The van der Waals surface area contributed by atoms with Crippen LogP contribution in [-0.2, 0) is 16.1 Å². The van der Waals surface area contributed by atoms with Gasteiger partial charge >= 0.3 is 0 Å². The number of rotatable bonds is 3. The molecular weight excluding hydrogens is 372 g/mol. The van der Waals surface area contributed by atoms with E-state index < -0.39 is 5.54 Å². The van der Waals surface area contributed by atoms with Gasteiger partial charge in [-0.05, 0) is 25.0 Å². The van der Waals surface area contributed by atoms with Crippen molar-refractivity contribution >= 4 is 39.9 Å². The molecule has 0 radical (unpaired) electrons. The summed E-state index contributed by atoms with van der Waals surface area (Å²) in [6.07, 6.45) is 1.25. The van der Waals surface area contributed by atoms with E-state index in [9.17, 15) is 4.79 Å². The number of fused-ring (bicyclic) bond motifs is 1. The molecule has 2 aliphatic heterocycles. The molecule has 2 saturated heterocycles. The number of hydrogen-bond acceptors (Lipinski definition) is 6. The lowest BCUT2D eigenvalue weighted by Gasteiger charge is -2.40. The van der Waals surface area contributed by atoms with E-state index in [1.807, 2.05) is 17.0 Å². The first-order chi connectivity index (χ1) is 12.1. The van der Waals surface area contributed by atoms with Crippen LogP contribution in [0.2, 0.25) is 0 Å². The van der Waals surface area contributed by atoms with Crippen molar-refractivity contribution in [1.29, 1.82) is 0 Å². The first kappa shape index (κ1) is 19.5. The van der Waals surface area contributed by atoms with Gasteiger partial charge in [0.1, 0.15) is 5.01 Å². The molecule has 3 heterocycles. The van der Waals surface area contributed by atoms with E-state index >= 15 is 0 Å². The summed E-state index contributed by atoms with van der Waals surface area (Å²) in [5.74, 6) is 0.0930. The summed E-state index contributed by atoms with van der Waals surface area (Å²) in [5, 5.41) is 1.14. The minimum absolute atomic E-state index is 0. The minimum Gasteiger partial charge on any atom is -0.381 e. The fourth-order valence-electron chi connectivity index (χ4n) is 3.55. The number of thiazole rings is 1. The van der Waals surface area contributed by atoms with Gasteiger partial charge in [0.15, 0.2) is 0 Å². The summed E-state index contributed by atoms with van der Waals surface area (Å²) >= 11 is 1.75. The number of ether oxygens (including phenoxy) is 1. The SMILES string of the molecule is Cl.NC1(C(=O)N2CCN(Cc3nc4ccccc4s3)CC2)CCOCC1. The molecule has 0 saturated carbocycles. The molecule has 2 aromatic rings. The van der Waals surface area contributed by atoms with Crippen molar-refractivity contribution in [2.24, 2.45) is 5.73 Å². The molecule has 1 aromatic carbocycles. The van der Waals surface area contributed by atoms with Gasteiger partial charge in [0.2, 0.25) is 5.91 Å². The summed E-state index contributed by atoms with van der Waals surface area (Å²) in [4.78, 5) is 21.8. The number of para-hydroxylation sites is 1. The van der Waals surface area contributed by atoms with E-state index in [0.29, 0.717) is 26.1 Å². The Morgan fingerprint density at radius 3 is 2.58 bits per heavy atom. The predicted octanol–water partition coefficient (Wildman–Crippen LogP) is 1.87. The largest absolute Gasteiger partial charge is 0.381 e. The van der Waals surface area contributed by atoms with Crippen molar-refractivity contribution in [3.8, 4) is 0 Å². The minimum atomic E-state index is -0.729. The van der Waals surface area contributed by atoms with Gasteiger partial charge in [-0.15, -0.1) is 23.7 Å². The van der Waals surface area contributed by atoms with Crippen LogP contribution in [0, 0.1) is 0 Å². The highest BCUT2D eigenvalue weighted by Gasteiger charge is 2.39. The Morgan fingerprint density at radius 1 is 1.19 bits per heavy atom. The summed E-state index contributed by atoms with van der Waals surface area (Å²) in [6, 6.07) is 8.24. The van der Waals surface area contributed by atoms with Crippen LogP contribution < -0.4 is 5.73 Å². The summed E-state index contributed by atoms with van der Waals surface area (Å²) in [7, 11) is 0. The topological polar surface area (TPSA) is 71.7 Å². The van der Waals surface area contributed by atoms with E-state index in [4.69, 9.17) is 15.5 Å². The number of halogens is 1. The second-order valence-electron chi connectivity index (χ2n) is 6.91. The van der Waals surface area contributed by atoms with Crippen molar-refractivity contribution in [1.82, 2.24) is 14.8 Å². The zero-order valence-electron chi connectivity index (χ0n) is 14.7. The summed E-state index contributed by atoms with van der Waals surface area (Å²) in [6.45, 7) is 5.23. The van der Waals surface area contributed by atoms with Crippen molar-refractivity contribution in [3.05, 3.63) is 29.3 Å². The van der Waals surface area contributed by atoms with E-state index in [0.717, 1.165) is 43.2 Å². The Balaban J connectivity index is 0.00000196. The average molecular weight is 397 g/mol. The molecule has 26 heavy (non-hydrogen) atoms. The molecular formula is C18H25ClN4O2S. The van der Waals surface area contributed by atoms with Crippen LogP contribution in [0.15, 0.2) is 24.3 Å². The number of carbonyl (C=O) groups excluding carboxylic acids is 1. The summed E-state index contributed by atoms with van der Waals surface area (Å²) in [5.41, 5.74) is 6.68. The van der Waals surface area contributed by atoms with Crippen LogP contribution >= 0.6 is 23.7 Å². The van der Waals surface area contributed by atoms with E-state index in [1.165, 1.54) is 4.70 Å². The van der Waals surface area contributed by atoms with Gasteiger partial charge in [-0.25, -0.2) is 4.98 Å². The van der Waals surface area contributed by atoms with Gasteiger partial charge in [-0.2, -0.15) is 0 Å². The molecule has 0 aliphatic carbocycles. The Labute approximate surface area is 163 Å². The number of carbonyl (C=O) groups is 1. The monoisotopic (exact) mass is 396 g/mol. The third-order valence-electron chi connectivity index (χ3n) is 5.17. The molecule has 2 N–H and O–H groups in total. The van der Waals surface area contributed by atoms with Crippen LogP contribution in [0.5, 0.6) is 0 Å². The molecule has 8 heteroatoms. The molecule has 0 bridgehead atoms. The van der Waals surface area contributed by atoms with E-state index in [-0.39, 0.29) is 18.3 Å². The van der Waals surface area contributed by atoms with E-state index in [2.05, 4.69) is 17.0 Å². The van der Waals surface area contributed by atoms with Gasteiger partial charge in [0.05, 0.1) is 22.3 Å². The first-order valence-corrected chi connectivity index (χ1v) is 9.68. The average Bonchev–Trinajstić information content (AvgIpc) is 3.04. The molecule has 2 aliphatic rings. The molecule has 0 spiro atoms. The number of amides is 1. The molecule has 142 valence electrons. The van der Waals surface area contributed by atoms with Crippen molar-refractivity contribution in [2.75, 3.05) is 39.4 Å². The van der Waals surface area contributed by atoms with Crippen molar-refractivity contribution < 1.29 is 9.53 Å². The van der Waals surface area contributed by atoms with Crippen LogP contribution in [0.1, 0.15) is 17.8 Å². The molecule has 4 rings (SSSR count). The summed E-state index contributed by atoms with van der Waals surface area (Å²) < 4.78 is 6.58. The lowest BCUT2D eigenvalue weighted by Crippen LogP contribution is -2.61. The second-order valence-corrected chi connectivity index (χ2v) is 8.03. The number of benzene rings is 1. The zero-order chi connectivity index (χ0) is 17.3. The number of nitrogens with two attached hydrogens (primary N) is 1. The zero-order valence-corrected chi connectivity index (χ0v) is 16.4. The third-order valence-corrected chi connectivity index (χ3v) is 6.19. The molecule has 0 atom stereocenters. The normalized spacial score (nSPS) is 20.7. The van der Waals surface area contributed by atoms with Crippen LogP contribution in [-0.4, -0.2) is 65.6 Å². The van der Waals surface area contributed by atoms with Gasteiger partial charge < -0.3 is 15.4 Å².